The van der Waals surface area contributed by atoms with Gasteiger partial charge < -0.3 is 19.9 Å². The lowest BCUT2D eigenvalue weighted by atomic mass is 10.2. The first-order valence-corrected chi connectivity index (χ1v) is 10.8. The summed E-state index contributed by atoms with van der Waals surface area (Å²) in [5, 5.41) is 3.43. The lowest BCUT2D eigenvalue weighted by molar-refractivity contribution is -0.135. The molecule has 2 heterocycles. The Morgan fingerprint density at radius 3 is 2.31 bits per heavy atom. The molecule has 1 amide bonds. The molecule has 0 radical (unpaired) electrons. The van der Waals surface area contributed by atoms with E-state index in [1.807, 2.05) is 49.2 Å². The molecule has 160 valence electrons. The van der Waals surface area contributed by atoms with Crippen molar-refractivity contribution >= 4 is 11.9 Å². The number of benzene rings is 1. The molecule has 2 saturated heterocycles. The fraction of sp³-hybridized carbons (Fsp3) is 0.636. The van der Waals surface area contributed by atoms with Crippen molar-refractivity contribution in [2.75, 3.05) is 52.9 Å². The Balaban J connectivity index is 1.43. The van der Waals surface area contributed by atoms with E-state index in [4.69, 9.17) is 4.74 Å². The second-order valence-electron chi connectivity index (χ2n) is 7.90. The number of carbonyl (C=O) groups excluding carboxylic acids is 1. The molecule has 0 bridgehead atoms. The minimum atomic E-state index is -0.0375. The predicted molar refractivity (Wildman–Crippen MR) is 116 cm³/mol. The highest BCUT2D eigenvalue weighted by atomic mass is 16.5. The number of amides is 1. The first-order chi connectivity index (χ1) is 14.1. The fourth-order valence-corrected chi connectivity index (χ4v) is 4.02. The summed E-state index contributed by atoms with van der Waals surface area (Å²) < 4.78 is 5.93. The summed E-state index contributed by atoms with van der Waals surface area (Å²) in [5.41, 5.74) is 0. The Kier molecular flexibility index (Phi) is 7.75. The summed E-state index contributed by atoms with van der Waals surface area (Å²) >= 11 is 0. The van der Waals surface area contributed by atoms with Crippen LogP contribution in [0.3, 0.4) is 0 Å². The molecule has 2 aliphatic rings. The van der Waals surface area contributed by atoms with Crippen LogP contribution in [0.1, 0.15) is 26.7 Å². The van der Waals surface area contributed by atoms with Crippen LogP contribution < -0.4 is 10.1 Å². The minimum absolute atomic E-state index is 0.0357. The normalized spacial score (nSPS) is 20.4. The third-order valence-electron chi connectivity index (χ3n) is 5.78. The van der Waals surface area contributed by atoms with Gasteiger partial charge in [0.05, 0.1) is 12.6 Å². The number of likely N-dealkylation sites (tertiary alicyclic amines) is 1. The largest absolute Gasteiger partial charge is 0.489 e. The number of carbonyl (C=O) groups is 1. The smallest absolute Gasteiger partial charge is 0.239 e. The van der Waals surface area contributed by atoms with Gasteiger partial charge in [-0.1, -0.05) is 18.2 Å². The number of rotatable bonds is 6. The zero-order valence-electron chi connectivity index (χ0n) is 18.0. The summed E-state index contributed by atoms with van der Waals surface area (Å²) in [4.78, 5) is 23.7. The topological polar surface area (TPSA) is 60.4 Å². The number of piperazine rings is 1. The second-order valence-corrected chi connectivity index (χ2v) is 7.90. The van der Waals surface area contributed by atoms with E-state index in [2.05, 4.69) is 27.0 Å². The maximum atomic E-state index is 12.7. The Morgan fingerprint density at radius 1 is 1.03 bits per heavy atom. The van der Waals surface area contributed by atoms with Crippen LogP contribution in [0, 0.1) is 0 Å². The van der Waals surface area contributed by atoms with E-state index in [0.29, 0.717) is 6.54 Å². The number of guanidine groups is 1. The molecule has 0 saturated carbocycles. The third kappa shape index (κ3) is 5.85. The van der Waals surface area contributed by atoms with Crippen LogP contribution in [0.25, 0.3) is 0 Å². The number of nitrogens with one attached hydrogen (secondary N) is 1. The number of hydrogen-bond donors (Lipinski definition) is 1. The van der Waals surface area contributed by atoms with E-state index >= 15 is 0 Å². The summed E-state index contributed by atoms with van der Waals surface area (Å²) in [7, 11) is 1.82. The van der Waals surface area contributed by atoms with Gasteiger partial charge in [0.2, 0.25) is 5.91 Å². The van der Waals surface area contributed by atoms with Crippen LogP contribution in [-0.2, 0) is 4.79 Å². The highest BCUT2D eigenvalue weighted by Gasteiger charge is 2.30. The molecule has 29 heavy (non-hydrogen) atoms. The standard InChI is InChI=1S/C22H35N5O2/c1-18(29-20-9-5-4-6-10-20)17-24-22(23-3)27-15-13-25(14-16-27)19(2)21(28)26-11-7-8-12-26/h4-6,9-10,18-19H,7-8,11-17H2,1-3H3,(H,23,24). The van der Waals surface area contributed by atoms with Gasteiger partial charge in [-0.15, -0.1) is 0 Å². The molecule has 7 heteroatoms. The Bertz CT molecular complexity index is 667. The molecule has 0 spiro atoms. The van der Waals surface area contributed by atoms with Gasteiger partial charge in [0.15, 0.2) is 5.96 Å². The summed E-state index contributed by atoms with van der Waals surface area (Å²) in [6.45, 7) is 10.1. The maximum absolute atomic E-state index is 12.7. The van der Waals surface area contributed by atoms with Crippen molar-refractivity contribution in [3.05, 3.63) is 30.3 Å². The van der Waals surface area contributed by atoms with Crippen LogP contribution in [0.2, 0.25) is 0 Å². The Hall–Kier alpha value is -2.28. The van der Waals surface area contributed by atoms with Crippen LogP contribution in [-0.4, -0.2) is 91.6 Å². The first kappa shape index (κ1) is 21.4. The number of nitrogens with zero attached hydrogens (tertiary/aromatic N) is 4. The fourth-order valence-electron chi connectivity index (χ4n) is 4.02. The van der Waals surface area contributed by atoms with Crippen molar-refractivity contribution in [2.45, 2.75) is 38.8 Å². The molecule has 7 nitrogen and oxygen atoms in total. The van der Waals surface area contributed by atoms with Crippen molar-refractivity contribution < 1.29 is 9.53 Å². The highest BCUT2D eigenvalue weighted by Crippen LogP contribution is 2.14. The van der Waals surface area contributed by atoms with E-state index < -0.39 is 0 Å². The average Bonchev–Trinajstić information content (AvgIpc) is 3.29. The molecule has 1 N–H and O–H groups in total. The zero-order chi connectivity index (χ0) is 20.6. The Labute approximate surface area is 174 Å². The number of hydrogen-bond acceptors (Lipinski definition) is 4. The van der Waals surface area contributed by atoms with Crippen LogP contribution in [0.5, 0.6) is 5.75 Å². The van der Waals surface area contributed by atoms with E-state index in [1.165, 1.54) is 0 Å². The molecule has 2 aliphatic heterocycles. The molecular formula is C22H35N5O2. The summed E-state index contributed by atoms with van der Waals surface area (Å²) in [6.07, 6.45) is 2.31. The van der Waals surface area contributed by atoms with Gasteiger partial charge >= 0.3 is 0 Å². The zero-order valence-corrected chi connectivity index (χ0v) is 18.0. The highest BCUT2D eigenvalue weighted by molar-refractivity contribution is 5.82. The molecule has 2 fully saturated rings. The van der Waals surface area contributed by atoms with Gasteiger partial charge in [0, 0.05) is 46.3 Å². The quantitative estimate of drug-likeness (QED) is 0.580. The van der Waals surface area contributed by atoms with Crippen molar-refractivity contribution in [3.63, 3.8) is 0 Å². The van der Waals surface area contributed by atoms with E-state index in [9.17, 15) is 4.79 Å². The van der Waals surface area contributed by atoms with Crippen molar-refractivity contribution in [1.82, 2.24) is 20.0 Å². The minimum Gasteiger partial charge on any atom is -0.489 e. The predicted octanol–water partition coefficient (Wildman–Crippen LogP) is 1.66. The first-order valence-electron chi connectivity index (χ1n) is 10.8. The van der Waals surface area contributed by atoms with Gasteiger partial charge in [0.1, 0.15) is 11.9 Å². The third-order valence-corrected chi connectivity index (χ3v) is 5.78. The molecule has 1 aromatic carbocycles. The summed E-state index contributed by atoms with van der Waals surface area (Å²) in [6, 6.07) is 9.83. The molecule has 0 aromatic heterocycles. The van der Waals surface area contributed by atoms with Gasteiger partial charge in [-0.05, 0) is 38.8 Å². The lowest BCUT2D eigenvalue weighted by Gasteiger charge is -2.39. The average molecular weight is 402 g/mol. The van der Waals surface area contributed by atoms with Crippen molar-refractivity contribution in [1.29, 1.82) is 0 Å². The van der Waals surface area contributed by atoms with Gasteiger partial charge in [-0.2, -0.15) is 0 Å². The van der Waals surface area contributed by atoms with Crippen LogP contribution in [0.15, 0.2) is 35.3 Å². The van der Waals surface area contributed by atoms with Gasteiger partial charge in [-0.3, -0.25) is 14.7 Å². The van der Waals surface area contributed by atoms with E-state index in [0.717, 1.165) is 63.8 Å². The molecule has 0 aliphatic carbocycles. The van der Waals surface area contributed by atoms with Crippen LogP contribution >= 0.6 is 0 Å². The SMILES string of the molecule is CN=C(NCC(C)Oc1ccccc1)N1CCN(C(C)C(=O)N2CCCC2)CC1. The van der Waals surface area contributed by atoms with E-state index in [1.54, 1.807) is 0 Å². The number of aliphatic imine (C=N–C) groups is 1. The van der Waals surface area contributed by atoms with Crippen molar-refractivity contribution in [3.8, 4) is 5.75 Å². The maximum Gasteiger partial charge on any atom is 0.239 e. The lowest BCUT2D eigenvalue weighted by Crippen LogP contribution is -2.57. The van der Waals surface area contributed by atoms with Crippen molar-refractivity contribution in [2.24, 2.45) is 4.99 Å². The van der Waals surface area contributed by atoms with E-state index in [-0.39, 0.29) is 18.1 Å². The second kappa shape index (κ2) is 10.5. The monoisotopic (exact) mass is 401 g/mol. The van der Waals surface area contributed by atoms with Crippen LogP contribution in [0.4, 0.5) is 0 Å². The molecule has 3 rings (SSSR count). The number of ether oxygens (including phenoxy) is 1. The molecular weight excluding hydrogens is 366 g/mol. The molecule has 1 aromatic rings. The van der Waals surface area contributed by atoms with Gasteiger partial charge in [0.25, 0.3) is 0 Å². The molecule has 2 unspecified atom stereocenters. The molecule has 2 atom stereocenters. The Morgan fingerprint density at radius 2 is 1.69 bits per heavy atom. The number of para-hydroxylation sites is 1. The summed E-state index contributed by atoms with van der Waals surface area (Å²) in [5.74, 6) is 2.05. The van der Waals surface area contributed by atoms with Gasteiger partial charge in [-0.25, -0.2) is 0 Å².